The fourth-order valence-corrected chi connectivity index (χ4v) is 2.05. The lowest BCUT2D eigenvalue weighted by atomic mass is 9.97. The van der Waals surface area contributed by atoms with Gasteiger partial charge >= 0.3 is 0 Å². The number of nitriles is 1. The van der Waals surface area contributed by atoms with Crippen LogP contribution < -0.4 is 5.32 Å². The zero-order chi connectivity index (χ0) is 9.52. The van der Waals surface area contributed by atoms with Gasteiger partial charge in [-0.05, 0) is 31.2 Å². The normalized spacial score (nSPS) is 27.4. The minimum absolute atomic E-state index is 0.324. The van der Waals surface area contributed by atoms with Crippen molar-refractivity contribution in [2.75, 3.05) is 19.7 Å². The highest BCUT2D eigenvalue weighted by atomic mass is 16.3. The Morgan fingerprint density at radius 2 is 2.15 bits per heavy atom. The van der Waals surface area contributed by atoms with Gasteiger partial charge in [0, 0.05) is 19.6 Å². The zero-order valence-electron chi connectivity index (χ0n) is 8.00. The number of aliphatic hydroxyl groups is 1. The Kier molecular flexibility index (Phi) is 4.81. The van der Waals surface area contributed by atoms with Crippen LogP contribution in [0.4, 0.5) is 0 Å². The standard InChI is InChI=1S/C10H18N2O/c11-5-2-6-12-7-9-3-1-4-10(9)8-13/h9-10,12-13H,1-4,6-8H2. The minimum atomic E-state index is 0.324. The van der Waals surface area contributed by atoms with E-state index in [4.69, 9.17) is 10.4 Å². The minimum Gasteiger partial charge on any atom is -0.396 e. The summed E-state index contributed by atoms with van der Waals surface area (Å²) < 4.78 is 0. The van der Waals surface area contributed by atoms with Gasteiger partial charge in [-0.25, -0.2) is 0 Å². The lowest BCUT2D eigenvalue weighted by Crippen LogP contribution is -2.27. The number of nitrogens with zero attached hydrogens (tertiary/aromatic N) is 1. The lowest BCUT2D eigenvalue weighted by molar-refractivity contribution is 0.192. The molecule has 3 heteroatoms. The molecule has 0 aliphatic heterocycles. The van der Waals surface area contributed by atoms with E-state index in [0.717, 1.165) is 13.1 Å². The third-order valence-electron chi connectivity index (χ3n) is 2.87. The largest absolute Gasteiger partial charge is 0.396 e. The van der Waals surface area contributed by atoms with Crippen LogP contribution in [-0.4, -0.2) is 24.8 Å². The first-order valence-corrected chi connectivity index (χ1v) is 5.07. The first-order chi connectivity index (χ1) is 6.38. The highest BCUT2D eigenvalue weighted by molar-refractivity contribution is 4.79. The van der Waals surface area contributed by atoms with Gasteiger partial charge in [0.1, 0.15) is 0 Å². The fraction of sp³-hybridized carbons (Fsp3) is 0.900. The van der Waals surface area contributed by atoms with Crippen LogP contribution in [0.5, 0.6) is 0 Å². The molecular formula is C10H18N2O. The van der Waals surface area contributed by atoms with Gasteiger partial charge in [-0.1, -0.05) is 6.42 Å². The van der Waals surface area contributed by atoms with Gasteiger partial charge in [0.25, 0.3) is 0 Å². The summed E-state index contributed by atoms with van der Waals surface area (Å²) in [6, 6.07) is 2.11. The zero-order valence-corrected chi connectivity index (χ0v) is 8.00. The second kappa shape index (κ2) is 5.95. The Morgan fingerprint density at radius 3 is 2.85 bits per heavy atom. The molecule has 1 aliphatic rings. The highest BCUT2D eigenvalue weighted by Gasteiger charge is 2.25. The third-order valence-corrected chi connectivity index (χ3v) is 2.87. The van der Waals surface area contributed by atoms with E-state index < -0.39 is 0 Å². The van der Waals surface area contributed by atoms with Crippen molar-refractivity contribution in [2.24, 2.45) is 11.8 Å². The van der Waals surface area contributed by atoms with Crippen LogP contribution in [0.3, 0.4) is 0 Å². The quantitative estimate of drug-likeness (QED) is 0.621. The van der Waals surface area contributed by atoms with Crippen LogP contribution in [0.25, 0.3) is 0 Å². The van der Waals surface area contributed by atoms with E-state index in [0.29, 0.717) is 24.9 Å². The van der Waals surface area contributed by atoms with E-state index >= 15 is 0 Å². The molecule has 0 amide bonds. The summed E-state index contributed by atoms with van der Waals surface area (Å²) >= 11 is 0. The van der Waals surface area contributed by atoms with Crippen molar-refractivity contribution < 1.29 is 5.11 Å². The first-order valence-electron chi connectivity index (χ1n) is 5.07. The second-order valence-electron chi connectivity index (χ2n) is 3.75. The molecule has 2 unspecified atom stereocenters. The molecule has 1 fully saturated rings. The Labute approximate surface area is 79.8 Å². The molecule has 0 bridgehead atoms. The highest BCUT2D eigenvalue weighted by Crippen LogP contribution is 2.30. The van der Waals surface area contributed by atoms with Gasteiger partial charge in [0.05, 0.1) is 6.07 Å². The Morgan fingerprint density at radius 1 is 1.38 bits per heavy atom. The molecular weight excluding hydrogens is 164 g/mol. The van der Waals surface area contributed by atoms with Crippen LogP contribution in [0.1, 0.15) is 25.7 Å². The maximum atomic E-state index is 9.06. The smallest absolute Gasteiger partial charge is 0.0635 e. The van der Waals surface area contributed by atoms with Crippen LogP contribution in [0.15, 0.2) is 0 Å². The van der Waals surface area contributed by atoms with E-state index in [9.17, 15) is 0 Å². The molecule has 0 spiro atoms. The van der Waals surface area contributed by atoms with Crippen molar-refractivity contribution in [3.05, 3.63) is 0 Å². The van der Waals surface area contributed by atoms with Crippen LogP contribution in [-0.2, 0) is 0 Å². The summed E-state index contributed by atoms with van der Waals surface area (Å²) in [7, 11) is 0. The van der Waals surface area contributed by atoms with Crippen molar-refractivity contribution >= 4 is 0 Å². The summed E-state index contributed by atoms with van der Waals surface area (Å²) in [6.07, 6.45) is 4.22. The van der Waals surface area contributed by atoms with Crippen molar-refractivity contribution in [1.29, 1.82) is 5.26 Å². The lowest BCUT2D eigenvalue weighted by Gasteiger charge is -2.17. The number of nitrogens with one attached hydrogen (secondary N) is 1. The van der Waals surface area contributed by atoms with E-state index in [1.54, 1.807) is 0 Å². The van der Waals surface area contributed by atoms with Crippen molar-refractivity contribution in [3.63, 3.8) is 0 Å². The molecule has 13 heavy (non-hydrogen) atoms. The van der Waals surface area contributed by atoms with E-state index in [1.165, 1.54) is 19.3 Å². The van der Waals surface area contributed by atoms with E-state index in [1.807, 2.05) is 0 Å². The summed E-state index contributed by atoms with van der Waals surface area (Å²) in [4.78, 5) is 0. The van der Waals surface area contributed by atoms with Gasteiger partial charge < -0.3 is 10.4 Å². The molecule has 0 heterocycles. The predicted molar refractivity (Wildman–Crippen MR) is 51.0 cm³/mol. The maximum Gasteiger partial charge on any atom is 0.0635 e. The number of hydrogen-bond donors (Lipinski definition) is 2. The third kappa shape index (κ3) is 3.33. The molecule has 2 atom stereocenters. The maximum absolute atomic E-state index is 9.06. The molecule has 0 radical (unpaired) electrons. The van der Waals surface area contributed by atoms with Gasteiger partial charge in [0.2, 0.25) is 0 Å². The Bertz CT molecular complexity index is 176. The molecule has 2 N–H and O–H groups in total. The van der Waals surface area contributed by atoms with Crippen molar-refractivity contribution in [1.82, 2.24) is 5.32 Å². The molecule has 0 saturated heterocycles. The van der Waals surface area contributed by atoms with Crippen molar-refractivity contribution in [2.45, 2.75) is 25.7 Å². The average molecular weight is 182 g/mol. The second-order valence-corrected chi connectivity index (χ2v) is 3.75. The van der Waals surface area contributed by atoms with Gasteiger partial charge in [-0.2, -0.15) is 5.26 Å². The average Bonchev–Trinajstić information content (AvgIpc) is 2.60. The van der Waals surface area contributed by atoms with Crippen LogP contribution in [0.2, 0.25) is 0 Å². The Hall–Kier alpha value is -0.590. The number of aliphatic hydroxyl groups excluding tert-OH is 1. The van der Waals surface area contributed by atoms with Gasteiger partial charge in [0.15, 0.2) is 0 Å². The SMILES string of the molecule is N#CCCNCC1CCCC1CO. The van der Waals surface area contributed by atoms with Crippen molar-refractivity contribution in [3.8, 4) is 6.07 Å². The van der Waals surface area contributed by atoms with Crippen LogP contribution >= 0.6 is 0 Å². The number of hydrogen-bond acceptors (Lipinski definition) is 3. The van der Waals surface area contributed by atoms with Gasteiger partial charge in [-0.15, -0.1) is 0 Å². The molecule has 1 saturated carbocycles. The van der Waals surface area contributed by atoms with E-state index in [-0.39, 0.29) is 0 Å². The molecule has 0 aromatic rings. The topological polar surface area (TPSA) is 56.0 Å². The predicted octanol–water partition coefficient (Wildman–Crippen LogP) is 0.898. The van der Waals surface area contributed by atoms with E-state index in [2.05, 4.69) is 11.4 Å². The molecule has 0 aromatic carbocycles. The fourth-order valence-electron chi connectivity index (χ4n) is 2.05. The number of rotatable bonds is 5. The summed E-state index contributed by atoms with van der Waals surface area (Å²) in [6.45, 7) is 2.07. The summed E-state index contributed by atoms with van der Waals surface area (Å²) in [5, 5.41) is 20.6. The Balaban J connectivity index is 2.10. The summed E-state index contributed by atoms with van der Waals surface area (Å²) in [5.41, 5.74) is 0. The molecule has 1 aliphatic carbocycles. The monoisotopic (exact) mass is 182 g/mol. The van der Waals surface area contributed by atoms with Gasteiger partial charge in [-0.3, -0.25) is 0 Å². The molecule has 0 aromatic heterocycles. The molecule has 74 valence electrons. The van der Waals surface area contributed by atoms with Crippen LogP contribution in [0, 0.1) is 23.2 Å². The summed E-state index contributed by atoms with van der Waals surface area (Å²) in [5.74, 6) is 1.12. The molecule has 3 nitrogen and oxygen atoms in total. The first kappa shape index (κ1) is 10.5. The molecule has 1 rings (SSSR count).